The Hall–Kier alpha value is -3.12. The first-order valence-corrected chi connectivity index (χ1v) is 10.4. The number of benzene rings is 2. The van der Waals surface area contributed by atoms with Crippen LogP contribution in [-0.4, -0.2) is 29.2 Å². The monoisotopic (exact) mass is 403 g/mol. The second-order valence-electron chi connectivity index (χ2n) is 6.51. The number of aromatic nitrogens is 1. The van der Waals surface area contributed by atoms with E-state index < -0.39 is 0 Å². The molecule has 0 unspecified atom stereocenters. The van der Waals surface area contributed by atoms with Gasteiger partial charge in [-0.05, 0) is 66.6 Å². The van der Waals surface area contributed by atoms with Crippen LogP contribution in [0.15, 0.2) is 70.7 Å². The Labute approximate surface area is 173 Å². The topological polar surface area (TPSA) is 63.6 Å². The number of pyridine rings is 1. The van der Waals surface area contributed by atoms with E-state index in [9.17, 15) is 4.79 Å². The molecule has 0 atom stereocenters. The first-order chi connectivity index (χ1) is 14.2. The van der Waals surface area contributed by atoms with Gasteiger partial charge in [0.2, 0.25) is 0 Å². The normalized spacial score (nSPS) is 15.0. The number of rotatable bonds is 6. The van der Waals surface area contributed by atoms with E-state index >= 15 is 0 Å². The molecule has 1 aromatic heterocycles. The van der Waals surface area contributed by atoms with Crippen LogP contribution in [0.5, 0.6) is 5.75 Å². The molecule has 29 heavy (non-hydrogen) atoms. The third-order valence-electron chi connectivity index (χ3n) is 4.49. The van der Waals surface area contributed by atoms with Crippen LogP contribution >= 0.6 is 11.8 Å². The van der Waals surface area contributed by atoms with Gasteiger partial charge >= 0.3 is 0 Å². The highest BCUT2D eigenvalue weighted by atomic mass is 32.2. The fourth-order valence-corrected chi connectivity index (χ4v) is 3.97. The molecule has 3 aromatic rings. The van der Waals surface area contributed by atoms with Gasteiger partial charge in [-0.25, -0.2) is 0 Å². The zero-order chi connectivity index (χ0) is 20.1. The summed E-state index contributed by atoms with van der Waals surface area (Å²) in [5, 5.41) is 4.94. The van der Waals surface area contributed by atoms with Crippen molar-refractivity contribution in [1.29, 1.82) is 0 Å². The van der Waals surface area contributed by atoms with Crippen molar-refractivity contribution in [2.75, 3.05) is 13.2 Å². The zero-order valence-corrected chi connectivity index (χ0v) is 16.9. The molecule has 146 valence electrons. The highest BCUT2D eigenvalue weighted by molar-refractivity contribution is 8.18. The maximum Gasteiger partial charge on any atom is 0.286 e. The van der Waals surface area contributed by atoms with Crippen molar-refractivity contribution in [3.63, 3.8) is 0 Å². The fourth-order valence-electron chi connectivity index (χ4n) is 3.13. The number of carbonyl (C=O) groups excluding carboxylic acids is 1. The summed E-state index contributed by atoms with van der Waals surface area (Å²) in [5.74, 6) is 0.693. The predicted octanol–water partition coefficient (Wildman–Crippen LogP) is 4.44. The smallest absolute Gasteiger partial charge is 0.286 e. The third kappa shape index (κ3) is 4.66. The number of carbonyl (C=O) groups is 1. The Bertz CT molecular complexity index is 1110. The molecule has 6 heteroatoms. The molecule has 2 aromatic carbocycles. The number of amidine groups is 1. The lowest BCUT2D eigenvalue weighted by atomic mass is 10.1. The lowest BCUT2D eigenvalue weighted by molar-refractivity contribution is -0.113. The lowest BCUT2D eigenvalue weighted by Gasteiger charge is -2.10. The maximum atomic E-state index is 12.3. The van der Waals surface area contributed by atoms with E-state index in [1.165, 1.54) is 11.8 Å². The highest BCUT2D eigenvalue weighted by Crippen LogP contribution is 2.28. The number of para-hydroxylation sites is 1. The van der Waals surface area contributed by atoms with Gasteiger partial charge in [-0.1, -0.05) is 30.3 Å². The number of ether oxygens (including phenoxy) is 1. The summed E-state index contributed by atoms with van der Waals surface area (Å²) in [6.07, 6.45) is 4.44. The minimum absolute atomic E-state index is 0.210. The summed E-state index contributed by atoms with van der Waals surface area (Å²) in [5.41, 5.74) is 3.03. The molecule has 4 rings (SSSR count). The van der Waals surface area contributed by atoms with Crippen molar-refractivity contribution >= 4 is 39.8 Å². The van der Waals surface area contributed by atoms with E-state index in [1.807, 2.05) is 61.5 Å². The van der Waals surface area contributed by atoms with Crippen molar-refractivity contribution in [2.45, 2.75) is 13.3 Å². The molecule has 0 saturated carbocycles. The molecule has 0 aliphatic carbocycles. The first-order valence-electron chi connectivity index (χ1n) is 9.55. The number of nitrogens with one attached hydrogen (secondary N) is 1. The lowest BCUT2D eigenvalue weighted by Crippen LogP contribution is -2.21. The average molecular weight is 404 g/mol. The van der Waals surface area contributed by atoms with Gasteiger partial charge in [0, 0.05) is 18.1 Å². The number of amides is 1. The van der Waals surface area contributed by atoms with E-state index in [2.05, 4.69) is 21.4 Å². The molecule has 1 N–H and O–H groups in total. The fraction of sp³-hybridized carbons (Fsp3) is 0.174. The van der Waals surface area contributed by atoms with Gasteiger partial charge in [0.15, 0.2) is 5.17 Å². The number of fused-ring (bicyclic) bond motifs is 1. The minimum Gasteiger partial charge on any atom is -0.494 e. The molecule has 0 radical (unpaired) electrons. The Morgan fingerprint density at radius 2 is 2.03 bits per heavy atom. The number of thioether (sulfide) groups is 1. The van der Waals surface area contributed by atoms with Crippen LogP contribution in [0.25, 0.3) is 17.0 Å². The Kier molecular flexibility index (Phi) is 5.91. The number of nitrogens with zero attached hydrogens (tertiary/aromatic N) is 2. The molecule has 5 nitrogen and oxygen atoms in total. The standard InChI is InChI=1S/C23H21N3O2S/c1-2-28-20-8-4-3-6-17(20)11-13-25-23-26-22(27)21(29-23)15-16-9-10-19-18(14-16)7-5-12-24-19/h3-10,12,14-15H,2,11,13H2,1H3,(H,25,26,27)/b21-15-. The molecule has 1 aliphatic heterocycles. The first kappa shape index (κ1) is 19.2. The van der Waals surface area contributed by atoms with Gasteiger partial charge in [-0.3, -0.25) is 9.78 Å². The number of hydrogen-bond donors (Lipinski definition) is 1. The van der Waals surface area contributed by atoms with Crippen LogP contribution in [0, 0.1) is 0 Å². The van der Waals surface area contributed by atoms with Crippen molar-refractivity contribution in [1.82, 2.24) is 10.3 Å². The van der Waals surface area contributed by atoms with Gasteiger partial charge in [0.05, 0.1) is 17.0 Å². The van der Waals surface area contributed by atoms with Crippen LogP contribution in [0.4, 0.5) is 0 Å². The van der Waals surface area contributed by atoms with Crippen molar-refractivity contribution < 1.29 is 9.53 Å². The summed E-state index contributed by atoms with van der Waals surface area (Å²) in [6, 6.07) is 17.9. The van der Waals surface area contributed by atoms with Crippen LogP contribution < -0.4 is 10.1 Å². The Balaban J connectivity index is 1.38. The second-order valence-corrected chi connectivity index (χ2v) is 7.54. The maximum absolute atomic E-state index is 12.3. The van der Waals surface area contributed by atoms with Gasteiger partial charge in [-0.15, -0.1) is 0 Å². The second kappa shape index (κ2) is 8.92. The summed E-state index contributed by atoms with van der Waals surface area (Å²) in [7, 11) is 0. The van der Waals surface area contributed by atoms with Crippen molar-refractivity contribution in [3.05, 3.63) is 76.8 Å². The van der Waals surface area contributed by atoms with Crippen LogP contribution in [0.1, 0.15) is 18.1 Å². The summed E-state index contributed by atoms with van der Waals surface area (Å²) in [6.45, 7) is 3.29. The highest BCUT2D eigenvalue weighted by Gasteiger charge is 2.21. The Morgan fingerprint density at radius 3 is 2.93 bits per heavy atom. The molecule has 0 fully saturated rings. The quantitative estimate of drug-likeness (QED) is 0.617. The molecule has 1 aliphatic rings. The summed E-state index contributed by atoms with van der Waals surface area (Å²) < 4.78 is 5.66. The largest absolute Gasteiger partial charge is 0.494 e. The number of aliphatic imine (C=N–C) groups is 1. The third-order valence-corrected chi connectivity index (χ3v) is 5.43. The van der Waals surface area contributed by atoms with E-state index in [0.29, 0.717) is 23.2 Å². The van der Waals surface area contributed by atoms with Crippen LogP contribution in [-0.2, 0) is 11.2 Å². The summed E-state index contributed by atoms with van der Waals surface area (Å²) in [4.78, 5) is 21.4. The molecule has 0 spiro atoms. The molecular weight excluding hydrogens is 382 g/mol. The van der Waals surface area contributed by atoms with E-state index in [0.717, 1.165) is 34.2 Å². The molecule has 2 heterocycles. The number of hydrogen-bond acceptors (Lipinski definition) is 5. The minimum atomic E-state index is -0.210. The van der Waals surface area contributed by atoms with Crippen molar-refractivity contribution in [3.8, 4) is 5.75 Å². The van der Waals surface area contributed by atoms with Gasteiger partial charge in [0.25, 0.3) is 5.91 Å². The summed E-state index contributed by atoms with van der Waals surface area (Å²) >= 11 is 1.37. The predicted molar refractivity (Wildman–Crippen MR) is 119 cm³/mol. The molecule has 0 bridgehead atoms. The molecular formula is C23H21N3O2S. The Morgan fingerprint density at radius 1 is 1.14 bits per heavy atom. The SMILES string of the molecule is CCOc1ccccc1CCNC1=NC(=O)/C(=C/c2ccc3ncccc3c2)S1. The van der Waals surface area contributed by atoms with Gasteiger partial charge in [0.1, 0.15) is 5.75 Å². The van der Waals surface area contributed by atoms with Crippen LogP contribution in [0.2, 0.25) is 0 Å². The average Bonchev–Trinajstić information content (AvgIpc) is 3.08. The van der Waals surface area contributed by atoms with E-state index in [-0.39, 0.29) is 5.91 Å². The van der Waals surface area contributed by atoms with E-state index in [1.54, 1.807) is 6.20 Å². The van der Waals surface area contributed by atoms with Crippen molar-refractivity contribution in [2.24, 2.45) is 4.99 Å². The van der Waals surface area contributed by atoms with E-state index in [4.69, 9.17) is 4.74 Å². The van der Waals surface area contributed by atoms with Crippen LogP contribution in [0.3, 0.4) is 0 Å². The molecule has 0 saturated heterocycles. The van der Waals surface area contributed by atoms with Gasteiger partial charge < -0.3 is 10.1 Å². The molecule has 1 amide bonds. The van der Waals surface area contributed by atoms with Gasteiger partial charge in [-0.2, -0.15) is 4.99 Å². The zero-order valence-electron chi connectivity index (χ0n) is 16.1.